The Hall–Kier alpha value is -4.58. The van der Waals surface area contributed by atoms with Crippen molar-refractivity contribution in [2.75, 3.05) is 10.6 Å². The first-order valence-electron chi connectivity index (χ1n) is 10.8. The Morgan fingerprint density at radius 2 is 0.824 bits per heavy atom. The molecule has 0 aromatic heterocycles. The Morgan fingerprint density at radius 1 is 0.500 bits per heavy atom. The number of amides is 2. The molecule has 0 aliphatic rings. The number of aryl methyl sites for hydroxylation is 2. The van der Waals surface area contributed by atoms with E-state index >= 15 is 0 Å². The standard InChI is InChI=1S/C28H24N4O2/c1-19-3-11-23(12-4-19)29-27(33)21-7-15-25(16-8-21)31-32-26-17-9-22(10-18-26)28(34)30-24-13-5-20(2)6-14-24/h3-18H,1-2H3,(H,29,33)(H,30,34)/b32-31-. The molecule has 0 unspecified atom stereocenters. The van der Waals surface area contributed by atoms with Crippen LogP contribution in [-0.2, 0) is 0 Å². The monoisotopic (exact) mass is 448 g/mol. The Labute approximate surface area is 198 Å². The van der Waals surface area contributed by atoms with Gasteiger partial charge < -0.3 is 10.6 Å². The molecule has 0 saturated carbocycles. The first-order chi connectivity index (χ1) is 16.5. The van der Waals surface area contributed by atoms with Crippen LogP contribution in [0.5, 0.6) is 0 Å². The van der Waals surface area contributed by atoms with Crippen molar-refractivity contribution >= 4 is 34.6 Å². The van der Waals surface area contributed by atoms with Crippen LogP contribution in [-0.4, -0.2) is 11.8 Å². The molecule has 168 valence electrons. The quantitative estimate of drug-likeness (QED) is 0.305. The number of rotatable bonds is 6. The lowest BCUT2D eigenvalue weighted by Crippen LogP contribution is -2.11. The number of carbonyl (C=O) groups is 2. The molecule has 0 spiro atoms. The van der Waals surface area contributed by atoms with Crippen LogP contribution in [0.4, 0.5) is 22.7 Å². The first-order valence-corrected chi connectivity index (χ1v) is 10.8. The van der Waals surface area contributed by atoms with E-state index in [4.69, 9.17) is 0 Å². The van der Waals surface area contributed by atoms with Crippen molar-refractivity contribution in [3.8, 4) is 0 Å². The minimum Gasteiger partial charge on any atom is -0.322 e. The zero-order valence-corrected chi connectivity index (χ0v) is 18.9. The molecule has 0 aliphatic heterocycles. The summed E-state index contributed by atoms with van der Waals surface area (Å²) in [7, 11) is 0. The molecular weight excluding hydrogens is 424 g/mol. The van der Waals surface area contributed by atoms with Gasteiger partial charge in [0.1, 0.15) is 0 Å². The van der Waals surface area contributed by atoms with E-state index in [2.05, 4.69) is 20.9 Å². The van der Waals surface area contributed by atoms with Gasteiger partial charge in [-0.05, 0) is 86.6 Å². The first kappa shape index (κ1) is 22.6. The van der Waals surface area contributed by atoms with Crippen LogP contribution in [0.2, 0.25) is 0 Å². The van der Waals surface area contributed by atoms with Crippen molar-refractivity contribution in [1.82, 2.24) is 0 Å². The van der Waals surface area contributed by atoms with E-state index in [0.717, 1.165) is 22.5 Å². The summed E-state index contributed by atoms with van der Waals surface area (Å²) >= 11 is 0. The highest BCUT2D eigenvalue weighted by molar-refractivity contribution is 6.05. The molecule has 0 aliphatic carbocycles. The zero-order chi connectivity index (χ0) is 23.9. The van der Waals surface area contributed by atoms with Gasteiger partial charge in [-0.3, -0.25) is 9.59 Å². The maximum atomic E-state index is 12.4. The van der Waals surface area contributed by atoms with Gasteiger partial charge >= 0.3 is 0 Å². The van der Waals surface area contributed by atoms with E-state index in [0.29, 0.717) is 22.5 Å². The molecule has 4 aromatic rings. The smallest absolute Gasteiger partial charge is 0.255 e. The van der Waals surface area contributed by atoms with Gasteiger partial charge in [0.15, 0.2) is 0 Å². The lowest BCUT2D eigenvalue weighted by atomic mass is 10.1. The summed E-state index contributed by atoms with van der Waals surface area (Å²) in [6, 6.07) is 29.0. The van der Waals surface area contributed by atoms with Gasteiger partial charge in [0.2, 0.25) is 0 Å². The molecule has 4 rings (SSSR count). The van der Waals surface area contributed by atoms with Crippen molar-refractivity contribution in [2.45, 2.75) is 13.8 Å². The number of benzene rings is 4. The van der Waals surface area contributed by atoms with E-state index < -0.39 is 0 Å². The summed E-state index contributed by atoms with van der Waals surface area (Å²) in [4.78, 5) is 24.8. The molecule has 6 nitrogen and oxygen atoms in total. The minimum atomic E-state index is -0.188. The SMILES string of the molecule is Cc1ccc(NC(=O)c2ccc(/N=N\c3ccc(C(=O)Nc4ccc(C)cc4)cc3)cc2)cc1. The third kappa shape index (κ3) is 6.01. The average molecular weight is 449 g/mol. The topological polar surface area (TPSA) is 82.9 Å². The summed E-state index contributed by atoms with van der Waals surface area (Å²) < 4.78 is 0. The third-order valence-electron chi connectivity index (χ3n) is 5.16. The highest BCUT2D eigenvalue weighted by Crippen LogP contribution is 2.20. The van der Waals surface area contributed by atoms with E-state index in [1.807, 2.05) is 62.4 Å². The predicted molar refractivity (Wildman–Crippen MR) is 135 cm³/mol. The Bertz CT molecular complexity index is 1200. The van der Waals surface area contributed by atoms with Crippen LogP contribution in [0.15, 0.2) is 107 Å². The van der Waals surface area contributed by atoms with E-state index in [9.17, 15) is 9.59 Å². The number of carbonyl (C=O) groups excluding carboxylic acids is 2. The van der Waals surface area contributed by atoms with Crippen LogP contribution in [0, 0.1) is 13.8 Å². The van der Waals surface area contributed by atoms with Crippen molar-refractivity contribution in [2.24, 2.45) is 10.2 Å². The van der Waals surface area contributed by atoms with E-state index in [1.165, 1.54) is 0 Å². The molecule has 0 atom stereocenters. The summed E-state index contributed by atoms with van der Waals surface area (Å²) in [6.07, 6.45) is 0. The molecular formula is C28H24N4O2. The van der Waals surface area contributed by atoms with E-state index in [-0.39, 0.29) is 11.8 Å². The lowest BCUT2D eigenvalue weighted by molar-refractivity contribution is 0.101. The van der Waals surface area contributed by atoms with Gasteiger partial charge in [-0.1, -0.05) is 35.4 Å². The van der Waals surface area contributed by atoms with Gasteiger partial charge in [0.05, 0.1) is 11.4 Å². The average Bonchev–Trinajstić information content (AvgIpc) is 2.86. The number of nitrogens with zero attached hydrogens (tertiary/aromatic N) is 2. The van der Waals surface area contributed by atoms with Crippen LogP contribution in [0.1, 0.15) is 31.8 Å². The summed E-state index contributed by atoms with van der Waals surface area (Å²) in [5.41, 5.74) is 6.06. The summed E-state index contributed by atoms with van der Waals surface area (Å²) in [5, 5.41) is 14.2. The van der Waals surface area contributed by atoms with Gasteiger partial charge in [0, 0.05) is 22.5 Å². The van der Waals surface area contributed by atoms with Crippen LogP contribution in [0.25, 0.3) is 0 Å². The molecule has 0 saturated heterocycles. The van der Waals surface area contributed by atoms with Crippen molar-refractivity contribution in [3.05, 3.63) is 119 Å². The number of hydrogen-bond donors (Lipinski definition) is 2. The highest BCUT2D eigenvalue weighted by atomic mass is 16.2. The van der Waals surface area contributed by atoms with Crippen molar-refractivity contribution < 1.29 is 9.59 Å². The molecule has 2 amide bonds. The molecule has 34 heavy (non-hydrogen) atoms. The molecule has 4 aromatic carbocycles. The number of anilines is 2. The minimum absolute atomic E-state index is 0.188. The summed E-state index contributed by atoms with van der Waals surface area (Å²) in [6.45, 7) is 3.99. The fourth-order valence-electron chi connectivity index (χ4n) is 3.15. The molecule has 2 N–H and O–H groups in total. The highest BCUT2D eigenvalue weighted by Gasteiger charge is 2.07. The molecule has 6 heteroatoms. The Kier molecular flexibility index (Phi) is 6.89. The second-order valence-electron chi connectivity index (χ2n) is 7.93. The van der Waals surface area contributed by atoms with Crippen molar-refractivity contribution in [3.63, 3.8) is 0 Å². The second kappa shape index (κ2) is 10.4. The molecule has 0 heterocycles. The van der Waals surface area contributed by atoms with Gasteiger partial charge in [0.25, 0.3) is 11.8 Å². The third-order valence-corrected chi connectivity index (χ3v) is 5.16. The van der Waals surface area contributed by atoms with Gasteiger partial charge in [-0.25, -0.2) is 0 Å². The van der Waals surface area contributed by atoms with Gasteiger partial charge in [-0.2, -0.15) is 10.2 Å². The predicted octanol–water partition coefficient (Wildman–Crippen LogP) is 7.22. The van der Waals surface area contributed by atoms with Gasteiger partial charge in [-0.15, -0.1) is 0 Å². The number of nitrogens with one attached hydrogen (secondary N) is 2. The molecule has 0 bridgehead atoms. The Morgan fingerprint density at radius 3 is 1.15 bits per heavy atom. The van der Waals surface area contributed by atoms with Crippen molar-refractivity contribution in [1.29, 1.82) is 0 Å². The fourth-order valence-corrected chi connectivity index (χ4v) is 3.15. The molecule has 0 radical (unpaired) electrons. The van der Waals surface area contributed by atoms with E-state index in [1.54, 1.807) is 48.5 Å². The largest absolute Gasteiger partial charge is 0.322 e. The maximum Gasteiger partial charge on any atom is 0.255 e. The fraction of sp³-hybridized carbons (Fsp3) is 0.0714. The normalized spacial score (nSPS) is 10.8. The summed E-state index contributed by atoms with van der Waals surface area (Å²) in [5.74, 6) is -0.376. The second-order valence-corrected chi connectivity index (χ2v) is 7.93. The zero-order valence-electron chi connectivity index (χ0n) is 18.9. The molecule has 0 fully saturated rings. The van der Waals surface area contributed by atoms with Crippen LogP contribution < -0.4 is 10.6 Å². The Balaban J connectivity index is 1.34. The maximum absolute atomic E-state index is 12.4. The lowest BCUT2D eigenvalue weighted by Gasteiger charge is -2.06. The number of azo groups is 1. The number of hydrogen-bond acceptors (Lipinski definition) is 4. The van der Waals surface area contributed by atoms with Crippen LogP contribution >= 0.6 is 0 Å². The van der Waals surface area contributed by atoms with Crippen LogP contribution in [0.3, 0.4) is 0 Å².